The fraction of sp³-hybridized carbons (Fsp3) is 0.278. The van der Waals surface area contributed by atoms with E-state index in [-0.39, 0.29) is 5.91 Å². The highest BCUT2D eigenvalue weighted by Gasteiger charge is 2.28. The van der Waals surface area contributed by atoms with E-state index in [4.69, 9.17) is 4.42 Å². The van der Waals surface area contributed by atoms with Gasteiger partial charge in [0, 0.05) is 30.3 Å². The van der Waals surface area contributed by atoms with E-state index in [1.165, 1.54) is 0 Å². The summed E-state index contributed by atoms with van der Waals surface area (Å²) in [6.45, 7) is 1.48. The van der Waals surface area contributed by atoms with Crippen molar-refractivity contribution in [3.05, 3.63) is 48.0 Å². The number of rotatable bonds is 3. The van der Waals surface area contributed by atoms with Crippen LogP contribution in [0.1, 0.15) is 12.0 Å². The SMILES string of the molecule is O=C1CC(CS)CN1Cc1ccc2oc3ccccc3c2c1. The first-order chi connectivity index (χ1) is 10.7. The van der Waals surface area contributed by atoms with Crippen LogP contribution < -0.4 is 0 Å². The van der Waals surface area contributed by atoms with Crippen LogP contribution in [0.25, 0.3) is 21.9 Å². The van der Waals surface area contributed by atoms with Gasteiger partial charge in [0.15, 0.2) is 0 Å². The number of hydrogen-bond donors (Lipinski definition) is 1. The summed E-state index contributed by atoms with van der Waals surface area (Å²) in [7, 11) is 0. The normalized spacial score (nSPS) is 18.7. The van der Waals surface area contributed by atoms with Gasteiger partial charge in [-0.15, -0.1) is 0 Å². The van der Waals surface area contributed by atoms with Crippen LogP contribution in [0.5, 0.6) is 0 Å². The van der Waals surface area contributed by atoms with Crippen molar-refractivity contribution < 1.29 is 9.21 Å². The Balaban J connectivity index is 1.68. The van der Waals surface area contributed by atoms with E-state index in [0.29, 0.717) is 18.9 Å². The topological polar surface area (TPSA) is 33.5 Å². The van der Waals surface area contributed by atoms with Gasteiger partial charge in [0.05, 0.1) is 0 Å². The Kier molecular flexibility index (Phi) is 3.34. The van der Waals surface area contributed by atoms with E-state index in [1.807, 2.05) is 35.2 Å². The Bertz CT molecular complexity index is 855. The van der Waals surface area contributed by atoms with Crippen molar-refractivity contribution in [3.63, 3.8) is 0 Å². The molecule has 1 saturated heterocycles. The molecule has 1 aliphatic rings. The second kappa shape index (κ2) is 5.36. The zero-order valence-corrected chi connectivity index (χ0v) is 13.1. The van der Waals surface area contributed by atoms with Crippen LogP contribution in [-0.2, 0) is 11.3 Å². The Hall–Kier alpha value is -1.94. The first kappa shape index (κ1) is 13.7. The summed E-state index contributed by atoms with van der Waals surface area (Å²) in [4.78, 5) is 14.0. The van der Waals surface area contributed by atoms with E-state index in [1.54, 1.807) is 0 Å². The molecule has 3 aromatic rings. The third kappa shape index (κ3) is 2.28. The molecule has 2 aromatic carbocycles. The fourth-order valence-corrected chi connectivity index (χ4v) is 3.47. The molecule has 0 radical (unpaired) electrons. The van der Waals surface area contributed by atoms with Crippen molar-refractivity contribution in [2.45, 2.75) is 13.0 Å². The van der Waals surface area contributed by atoms with Gasteiger partial charge in [-0.3, -0.25) is 4.79 Å². The molecule has 4 rings (SSSR count). The lowest BCUT2D eigenvalue weighted by atomic mass is 10.1. The fourth-order valence-electron chi connectivity index (χ4n) is 3.22. The molecule has 0 spiro atoms. The van der Waals surface area contributed by atoms with Crippen molar-refractivity contribution in [2.75, 3.05) is 12.3 Å². The molecular weight excluding hydrogens is 294 g/mol. The summed E-state index contributed by atoms with van der Waals surface area (Å²) >= 11 is 4.31. The van der Waals surface area contributed by atoms with Gasteiger partial charge < -0.3 is 9.32 Å². The van der Waals surface area contributed by atoms with E-state index in [2.05, 4.69) is 24.8 Å². The Morgan fingerprint density at radius 2 is 1.95 bits per heavy atom. The number of carbonyl (C=O) groups excluding carboxylic acids is 1. The van der Waals surface area contributed by atoms with Gasteiger partial charge in [-0.05, 0) is 35.4 Å². The van der Waals surface area contributed by atoms with Crippen molar-refractivity contribution in [2.24, 2.45) is 5.92 Å². The number of furan rings is 1. The molecule has 4 heteroatoms. The molecule has 1 aliphatic heterocycles. The summed E-state index contributed by atoms with van der Waals surface area (Å²) in [5.41, 5.74) is 2.94. The lowest BCUT2D eigenvalue weighted by Crippen LogP contribution is -2.24. The molecular formula is C18H17NO2S. The maximum Gasteiger partial charge on any atom is 0.223 e. The largest absolute Gasteiger partial charge is 0.456 e. The first-order valence-corrected chi connectivity index (χ1v) is 8.16. The number of amides is 1. The minimum Gasteiger partial charge on any atom is -0.456 e. The number of thiol groups is 1. The van der Waals surface area contributed by atoms with E-state index in [0.717, 1.165) is 39.8 Å². The van der Waals surface area contributed by atoms with Crippen molar-refractivity contribution in [1.29, 1.82) is 0 Å². The molecule has 1 amide bonds. The number of benzene rings is 2. The molecule has 1 atom stereocenters. The average Bonchev–Trinajstić information content (AvgIpc) is 3.08. The van der Waals surface area contributed by atoms with Crippen molar-refractivity contribution in [1.82, 2.24) is 4.90 Å². The highest BCUT2D eigenvalue weighted by molar-refractivity contribution is 7.80. The molecule has 22 heavy (non-hydrogen) atoms. The number of hydrogen-bond acceptors (Lipinski definition) is 3. The predicted molar refractivity (Wildman–Crippen MR) is 91.1 cm³/mol. The average molecular weight is 311 g/mol. The summed E-state index contributed by atoms with van der Waals surface area (Å²) < 4.78 is 5.84. The van der Waals surface area contributed by atoms with Gasteiger partial charge in [0.25, 0.3) is 0 Å². The number of nitrogens with zero attached hydrogens (tertiary/aromatic N) is 1. The van der Waals surface area contributed by atoms with Gasteiger partial charge >= 0.3 is 0 Å². The Morgan fingerprint density at radius 3 is 2.77 bits per heavy atom. The zero-order chi connectivity index (χ0) is 15.1. The monoisotopic (exact) mass is 311 g/mol. The number of carbonyl (C=O) groups is 1. The van der Waals surface area contributed by atoms with Gasteiger partial charge in [0.2, 0.25) is 5.91 Å². The highest BCUT2D eigenvalue weighted by Crippen LogP contribution is 2.30. The van der Waals surface area contributed by atoms with E-state index < -0.39 is 0 Å². The van der Waals surface area contributed by atoms with E-state index in [9.17, 15) is 4.79 Å². The lowest BCUT2D eigenvalue weighted by molar-refractivity contribution is -0.128. The second-order valence-corrected chi connectivity index (χ2v) is 6.32. The molecule has 1 aromatic heterocycles. The predicted octanol–water partition coefficient (Wildman–Crippen LogP) is 3.86. The minimum absolute atomic E-state index is 0.233. The molecule has 3 nitrogen and oxygen atoms in total. The van der Waals surface area contributed by atoms with Gasteiger partial charge in [-0.1, -0.05) is 24.3 Å². The van der Waals surface area contributed by atoms with Crippen LogP contribution in [0.3, 0.4) is 0 Å². The molecule has 0 saturated carbocycles. The van der Waals surface area contributed by atoms with Crippen molar-refractivity contribution in [3.8, 4) is 0 Å². The van der Waals surface area contributed by atoms with Crippen LogP contribution in [0.2, 0.25) is 0 Å². The van der Waals surface area contributed by atoms with Crippen LogP contribution in [0, 0.1) is 5.92 Å². The molecule has 0 aliphatic carbocycles. The number of fused-ring (bicyclic) bond motifs is 3. The third-order valence-corrected chi connectivity index (χ3v) is 4.88. The first-order valence-electron chi connectivity index (χ1n) is 7.53. The molecule has 1 unspecified atom stereocenters. The summed E-state index contributed by atoms with van der Waals surface area (Å²) in [6.07, 6.45) is 0.625. The van der Waals surface area contributed by atoms with Crippen LogP contribution in [0.4, 0.5) is 0 Å². The molecule has 112 valence electrons. The maximum absolute atomic E-state index is 12.0. The number of para-hydroxylation sites is 1. The maximum atomic E-state index is 12.0. The van der Waals surface area contributed by atoms with Gasteiger partial charge in [-0.25, -0.2) is 0 Å². The minimum atomic E-state index is 0.233. The molecule has 2 heterocycles. The quantitative estimate of drug-likeness (QED) is 0.745. The van der Waals surface area contributed by atoms with Gasteiger partial charge in [0.1, 0.15) is 11.2 Å². The zero-order valence-electron chi connectivity index (χ0n) is 12.2. The Morgan fingerprint density at radius 1 is 1.14 bits per heavy atom. The smallest absolute Gasteiger partial charge is 0.223 e. The van der Waals surface area contributed by atoms with Crippen LogP contribution in [-0.4, -0.2) is 23.1 Å². The summed E-state index contributed by atoms with van der Waals surface area (Å²) in [5.74, 6) is 1.39. The van der Waals surface area contributed by atoms with Gasteiger partial charge in [-0.2, -0.15) is 12.6 Å². The summed E-state index contributed by atoms with van der Waals surface area (Å²) in [6, 6.07) is 14.2. The van der Waals surface area contributed by atoms with Crippen molar-refractivity contribution >= 4 is 40.5 Å². The van der Waals surface area contributed by atoms with Crippen LogP contribution >= 0.6 is 12.6 Å². The molecule has 0 N–H and O–H groups in total. The molecule has 0 bridgehead atoms. The van der Waals surface area contributed by atoms with E-state index >= 15 is 0 Å². The summed E-state index contributed by atoms with van der Waals surface area (Å²) in [5, 5.41) is 2.24. The Labute approximate surface area is 134 Å². The lowest BCUT2D eigenvalue weighted by Gasteiger charge is -2.16. The second-order valence-electron chi connectivity index (χ2n) is 5.96. The highest BCUT2D eigenvalue weighted by atomic mass is 32.1. The standard InChI is InChI=1S/C18H17NO2S/c20-18-8-13(11-22)10-19(18)9-12-5-6-17-15(7-12)14-3-1-2-4-16(14)21-17/h1-7,13,22H,8-11H2. The third-order valence-electron chi connectivity index (χ3n) is 4.37. The number of likely N-dealkylation sites (tertiary alicyclic amines) is 1. The van der Waals surface area contributed by atoms with Crippen LogP contribution in [0.15, 0.2) is 46.9 Å². The molecule has 1 fully saturated rings.